The van der Waals surface area contributed by atoms with Crippen molar-refractivity contribution >= 4 is 52.7 Å². The number of aliphatic carboxylic acids is 1. The number of morpholine rings is 1. The van der Waals surface area contributed by atoms with Crippen molar-refractivity contribution in [1.29, 1.82) is 0 Å². The number of carboxylic acid groups (broad SMARTS) is 1. The molecule has 2 fully saturated rings. The first-order chi connectivity index (χ1) is 19.8. The van der Waals surface area contributed by atoms with Crippen LogP contribution in [0.1, 0.15) is 44.2 Å². The van der Waals surface area contributed by atoms with Crippen LogP contribution in [0.2, 0.25) is 10.0 Å². The van der Waals surface area contributed by atoms with Crippen LogP contribution in [0.15, 0.2) is 78.9 Å². The summed E-state index contributed by atoms with van der Waals surface area (Å²) >= 11 is 13.2. The molecular weight excluding hydrogens is 586 g/mol. The van der Waals surface area contributed by atoms with E-state index in [0.717, 1.165) is 23.4 Å². The Morgan fingerprint density at radius 3 is 2.24 bits per heavy atom. The van der Waals surface area contributed by atoms with Gasteiger partial charge in [0, 0.05) is 15.3 Å². The van der Waals surface area contributed by atoms with E-state index in [2.05, 4.69) is 0 Å². The summed E-state index contributed by atoms with van der Waals surface area (Å²) in [5.41, 5.74) is 1.35. The highest BCUT2D eigenvalue weighted by Crippen LogP contribution is 2.41. The van der Waals surface area contributed by atoms with Crippen molar-refractivity contribution in [3.63, 3.8) is 0 Å². The van der Waals surface area contributed by atoms with Gasteiger partial charge in [-0.05, 0) is 73.2 Å². The summed E-state index contributed by atoms with van der Waals surface area (Å²) in [6, 6.07) is 22.7. The zero-order valence-electron chi connectivity index (χ0n) is 22.7. The van der Waals surface area contributed by atoms with Crippen LogP contribution in [0.3, 0.4) is 0 Å². The number of ether oxygens (including phenoxy) is 1. The van der Waals surface area contributed by atoms with Crippen molar-refractivity contribution in [2.45, 2.75) is 56.0 Å². The lowest BCUT2D eigenvalue weighted by Crippen LogP contribution is -2.56. The Hall–Kier alpha value is -2.78. The Morgan fingerprint density at radius 2 is 1.68 bits per heavy atom. The van der Waals surface area contributed by atoms with Gasteiger partial charge in [0.2, 0.25) is 0 Å². The van der Waals surface area contributed by atoms with E-state index in [1.807, 2.05) is 53.7 Å². The van der Waals surface area contributed by atoms with Gasteiger partial charge in [0.25, 0.3) is 5.91 Å². The van der Waals surface area contributed by atoms with Gasteiger partial charge in [-0.15, -0.1) is 0 Å². The lowest BCUT2D eigenvalue weighted by atomic mass is 9.98. The monoisotopic (exact) mass is 618 g/mol. The van der Waals surface area contributed by atoms with Crippen LogP contribution in [0.25, 0.3) is 0 Å². The number of nitrogens with zero attached hydrogens (tertiary/aromatic N) is 2. The zero-order valence-corrected chi connectivity index (χ0v) is 25.0. The van der Waals surface area contributed by atoms with Gasteiger partial charge < -0.3 is 19.0 Å². The van der Waals surface area contributed by atoms with Crippen molar-refractivity contribution in [3.8, 4) is 0 Å². The van der Waals surface area contributed by atoms with Gasteiger partial charge in [0.1, 0.15) is 11.9 Å². The second kappa shape index (κ2) is 14.9. The van der Waals surface area contributed by atoms with E-state index in [1.165, 1.54) is 6.07 Å². The van der Waals surface area contributed by atoms with Crippen LogP contribution in [0.5, 0.6) is 0 Å². The number of hydrogen-bond donors (Lipinski definition) is 1. The maximum absolute atomic E-state index is 14.7. The number of benzene rings is 3. The number of anilines is 1. The predicted octanol–water partition coefficient (Wildman–Crippen LogP) is 7.66. The second-order valence-corrected chi connectivity index (χ2v) is 12.1. The van der Waals surface area contributed by atoms with E-state index in [9.17, 15) is 19.1 Å². The van der Waals surface area contributed by atoms with Gasteiger partial charge in [0.15, 0.2) is 0 Å². The fourth-order valence-electron chi connectivity index (χ4n) is 4.59. The van der Waals surface area contributed by atoms with Gasteiger partial charge in [-0.25, -0.2) is 4.39 Å². The van der Waals surface area contributed by atoms with E-state index < -0.39 is 24.5 Å². The molecule has 10 heteroatoms. The Kier molecular flexibility index (Phi) is 11.3. The van der Waals surface area contributed by atoms with E-state index >= 15 is 0 Å². The predicted molar refractivity (Wildman–Crippen MR) is 163 cm³/mol. The number of rotatable bonds is 10. The summed E-state index contributed by atoms with van der Waals surface area (Å²) in [6.07, 6.45) is 1.33. The Bertz CT molecular complexity index is 1300. The second-order valence-electron chi connectivity index (χ2n) is 9.91. The van der Waals surface area contributed by atoms with Gasteiger partial charge >= 0.3 is 5.97 Å². The Morgan fingerprint density at radius 1 is 1.05 bits per heavy atom. The summed E-state index contributed by atoms with van der Waals surface area (Å²) < 4.78 is 22.4. The van der Waals surface area contributed by atoms with Gasteiger partial charge in [0.05, 0.1) is 37.3 Å². The largest absolute Gasteiger partial charge is 0.481 e. The molecule has 41 heavy (non-hydrogen) atoms. The van der Waals surface area contributed by atoms with Gasteiger partial charge in [-0.2, -0.15) is 0 Å². The molecular formula is C31H33Cl2FN2O4S. The first-order valence-electron chi connectivity index (χ1n) is 13.6. The molecule has 2 aliphatic rings. The molecule has 3 aromatic rings. The molecule has 3 unspecified atom stereocenters. The number of hydrogen-bond acceptors (Lipinski definition) is 5. The molecule has 0 spiro atoms. The van der Waals surface area contributed by atoms with E-state index in [0.29, 0.717) is 28.9 Å². The smallest absolute Gasteiger partial charge is 0.306 e. The molecule has 5 rings (SSSR count). The van der Waals surface area contributed by atoms with Gasteiger partial charge in [-0.1, -0.05) is 72.6 Å². The van der Waals surface area contributed by atoms with Crippen LogP contribution in [0, 0.1) is 5.82 Å². The maximum Gasteiger partial charge on any atom is 0.306 e. The van der Waals surface area contributed by atoms with Crippen LogP contribution < -0.4 is 4.31 Å². The highest BCUT2D eigenvalue weighted by Gasteiger charge is 2.42. The van der Waals surface area contributed by atoms with Crippen LogP contribution >= 0.6 is 35.1 Å². The van der Waals surface area contributed by atoms with Crippen molar-refractivity contribution in [2.75, 3.05) is 17.5 Å². The topological polar surface area (TPSA) is 70.1 Å². The highest BCUT2D eigenvalue weighted by atomic mass is 35.5. The first kappa shape index (κ1) is 31.2. The van der Waals surface area contributed by atoms with Gasteiger partial charge in [-0.3, -0.25) is 9.59 Å². The maximum atomic E-state index is 14.7. The third kappa shape index (κ3) is 8.85. The molecule has 1 saturated heterocycles. The van der Waals surface area contributed by atoms with Crippen molar-refractivity contribution < 1.29 is 23.8 Å². The molecule has 3 atom stereocenters. The Labute approximate surface area is 254 Å². The molecule has 0 radical (unpaired) electrons. The van der Waals surface area contributed by atoms with Crippen LogP contribution in [0.4, 0.5) is 10.1 Å². The summed E-state index contributed by atoms with van der Waals surface area (Å²) in [5, 5.41) is 11.1. The molecule has 3 aromatic carbocycles. The standard InChI is InChI=1S/C25H28ClFN2O4S.C6H5Cl/c1-2-18(14-28(34-19-11-12-19)21-6-4-3-5-20(21)27)29-22(16-7-9-17(26)10-8-16)15-33-23(25(29)32)13-24(30)31;7-6-4-2-1-3-5-6/h3-10,18-19,22-23H,2,11-15H2,1H3,(H,30,31);1-5H. The fourth-order valence-corrected chi connectivity index (χ4v) is 6.08. The third-order valence-corrected chi connectivity index (χ3v) is 8.71. The molecule has 0 aromatic heterocycles. The number of amides is 1. The van der Waals surface area contributed by atoms with Crippen molar-refractivity contribution in [3.05, 3.63) is 100 Å². The van der Waals surface area contributed by atoms with E-state index in [-0.39, 0.29) is 24.4 Å². The quantitative estimate of drug-likeness (QED) is 0.235. The highest BCUT2D eigenvalue weighted by molar-refractivity contribution is 8.01. The zero-order chi connectivity index (χ0) is 29.4. The summed E-state index contributed by atoms with van der Waals surface area (Å²) in [7, 11) is 0. The van der Waals surface area contributed by atoms with Crippen LogP contribution in [-0.2, 0) is 14.3 Å². The van der Waals surface area contributed by atoms with Crippen LogP contribution in [-0.4, -0.2) is 52.4 Å². The fraction of sp³-hybridized carbons (Fsp3) is 0.355. The number of carbonyl (C=O) groups is 2. The summed E-state index contributed by atoms with van der Waals surface area (Å²) in [5.74, 6) is -1.75. The Balaban J connectivity index is 0.000000483. The van der Waals surface area contributed by atoms with E-state index in [1.54, 1.807) is 47.2 Å². The minimum absolute atomic E-state index is 0.178. The minimum atomic E-state index is -1.09. The molecule has 1 heterocycles. The number of para-hydroxylation sites is 1. The third-order valence-electron chi connectivity index (χ3n) is 6.83. The number of halogens is 3. The average Bonchev–Trinajstić information content (AvgIpc) is 3.78. The number of carboxylic acids is 1. The lowest BCUT2D eigenvalue weighted by Gasteiger charge is -2.45. The molecule has 1 N–H and O–H groups in total. The lowest BCUT2D eigenvalue weighted by molar-refractivity contribution is -0.168. The molecule has 0 bridgehead atoms. The average molecular weight is 620 g/mol. The first-order valence-corrected chi connectivity index (χ1v) is 15.2. The molecule has 1 aliphatic carbocycles. The summed E-state index contributed by atoms with van der Waals surface area (Å²) in [6.45, 7) is 2.57. The molecule has 6 nitrogen and oxygen atoms in total. The van der Waals surface area contributed by atoms with Crippen molar-refractivity contribution in [2.24, 2.45) is 0 Å². The molecule has 1 saturated carbocycles. The van der Waals surface area contributed by atoms with Crippen molar-refractivity contribution in [1.82, 2.24) is 4.90 Å². The minimum Gasteiger partial charge on any atom is -0.481 e. The normalized spacial score (nSPS) is 19.2. The SMILES string of the molecule is CCC(CN(SC1CC1)c1ccccc1F)N1C(=O)C(CC(=O)O)OCC1c1ccc(Cl)cc1.Clc1ccccc1. The molecule has 218 valence electrons. The summed E-state index contributed by atoms with van der Waals surface area (Å²) in [4.78, 5) is 26.7. The molecule has 1 amide bonds. The molecule has 1 aliphatic heterocycles. The van der Waals surface area contributed by atoms with E-state index in [4.69, 9.17) is 27.9 Å². The number of carbonyl (C=O) groups excluding carboxylic acids is 1.